The molecule has 0 N–H and O–H groups in total. The summed E-state index contributed by atoms with van der Waals surface area (Å²) in [6, 6.07) is 54.1. The van der Waals surface area contributed by atoms with Gasteiger partial charge in [-0.05, 0) is 41.3 Å². The molecule has 10 aromatic rings. The van der Waals surface area contributed by atoms with E-state index in [4.69, 9.17) is 9.97 Å². The van der Waals surface area contributed by atoms with Crippen LogP contribution in [0.4, 0.5) is 0 Å². The minimum absolute atomic E-state index is 0.829. The summed E-state index contributed by atoms with van der Waals surface area (Å²) in [5, 5.41) is 7.37. The number of hydrogen-bond acceptors (Lipinski definition) is 3. The maximum Gasteiger partial charge on any atom is 0.165 e. The number of thiophene rings is 1. The lowest BCUT2D eigenvalue weighted by molar-refractivity contribution is 1.08. The Morgan fingerprint density at radius 3 is 2.02 bits per heavy atom. The topological polar surface area (TPSA) is 30.7 Å². The fourth-order valence-corrected chi connectivity index (χ4v) is 8.19. The second-order valence-electron chi connectivity index (χ2n) is 11.8. The first-order valence-corrected chi connectivity index (χ1v) is 16.3. The van der Waals surface area contributed by atoms with Crippen LogP contribution in [0.2, 0.25) is 0 Å². The van der Waals surface area contributed by atoms with E-state index in [9.17, 15) is 0 Å². The van der Waals surface area contributed by atoms with Crippen LogP contribution in [0.15, 0.2) is 152 Å². The van der Waals surface area contributed by atoms with E-state index in [0.29, 0.717) is 0 Å². The predicted molar refractivity (Wildman–Crippen MR) is 195 cm³/mol. The molecule has 0 fully saturated rings. The van der Waals surface area contributed by atoms with Crippen LogP contribution in [0.3, 0.4) is 0 Å². The third-order valence-electron chi connectivity index (χ3n) is 9.17. The molecule has 0 aliphatic heterocycles. The average molecular weight is 604 g/mol. The van der Waals surface area contributed by atoms with Crippen molar-refractivity contribution in [1.29, 1.82) is 0 Å². The van der Waals surface area contributed by atoms with Crippen LogP contribution in [0, 0.1) is 0 Å². The van der Waals surface area contributed by atoms with Crippen molar-refractivity contribution in [2.45, 2.75) is 0 Å². The van der Waals surface area contributed by atoms with Gasteiger partial charge in [0.05, 0.1) is 22.1 Å². The van der Waals surface area contributed by atoms with Crippen LogP contribution >= 0.6 is 11.3 Å². The average Bonchev–Trinajstić information content (AvgIpc) is 3.67. The number of fused-ring (bicyclic) bond motifs is 9. The monoisotopic (exact) mass is 603 g/mol. The third kappa shape index (κ3) is 3.71. The van der Waals surface area contributed by atoms with Gasteiger partial charge in [0.2, 0.25) is 0 Å². The molecule has 10 rings (SSSR count). The summed E-state index contributed by atoms with van der Waals surface area (Å²) in [4.78, 5) is 10.7. The Labute approximate surface area is 268 Å². The van der Waals surface area contributed by atoms with Crippen LogP contribution in [-0.2, 0) is 0 Å². The predicted octanol–water partition coefficient (Wildman–Crippen LogP) is 11.6. The van der Waals surface area contributed by atoms with Crippen molar-refractivity contribution < 1.29 is 0 Å². The zero-order valence-corrected chi connectivity index (χ0v) is 25.5. The SMILES string of the molecule is c1ccc(-c2nc3ccccc3nc2-n2c3c(-c4ccc5sc6ccccc6c5c4)cccc3c3ccc4ccccc4c32)cc1. The second-order valence-corrected chi connectivity index (χ2v) is 12.9. The maximum atomic E-state index is 5.42. The van der Waals surface area contributed by atoms with Crippen molar-refractivity contribution in [3.8, 4) is 28.2 Å². The molecule has 0 spiro atoms. The molecule has 0 aliphatic rings. The standard InChI is InChI=1S/C42H25N3S/c1-2-12-27(13-3-1)39-42(44-36-19-8-7-18-35(36)43-39)45-40-29-14-5-4-11-26(29)21-23-33(40)32-17-10-16-30(41(32)45)28-22-24-38-34(25-28)31-15-6-9-20-37(31)46-38/h1-25H. The highest BCUT2D eigenvalue weighted by Crippen LogP contribution is 2.44. The Balaban J connectivity index is 1.40. The number of benzene rings is 7. The molecule has 214 valence electrons. The van der Waals surface area contributed by atoms with E-state index in [1.807, 2.05) is 35.6 Å². The molecule has 0 radical (unpaired) electrons. The highest BCUT2D eigenvalue weighted by atomic mass is 32.1. The van der Waals surface area contributed by atoms with E-state index in [1.165, 1.54) is 52.8 Å². The van der Waals surface area contributed by atoms with Gasteiger partial charge in [0.15, 0.2) is 5.82 Å². The van der Waals surface area contributed by atoms with E-state index in [0.717, 1.165) is 39.1 Å². The normalized spacial score (nSPS) is 11.9. The lowest BCUT2D eigenvalue weighted by Crippen LogP contribution is -2.04. The smallest absolute Gasteiger partial charge is 0.165 e. The Bertz CT molecular complexity index is 2810. The molecule has 0 amide bonds. The summed E-state index contributed by atoms with van der Waals surface area (Å²) >= 11 is 1.85. The summed E-state index contributed by atoms with van der Waals surface area (Å²) in [5.74, 6) is 0.829. The largest absolute Gasteiger partial charge is 0.291 e. The lowest BCUT2D eigenvalue weighted by atomic mass is 9.99. The lowest BCUT2D eigenvalue weighted by Gasteiger charge is -2.16. The van der Waals surface area contributed by atoms with Gasteiger partial charge in [0.25, 0.3) is 0 Å². The number of nitrogens with zero attached hydrogens (tertiary/aromatic N) is 3. The van der Waals surface area contributed by atoms with Crippen molar-refractivity contribution in [3.63, 3.8) is 0 Å². The first kappa shape index (κ1) is 25.5. The van der Waals surface area contributed by atoms with E-state index >= 15 is 0 Å². The third-order valence-corrected chi connectivity index (χ3v) is 10.3. The van der Waals surface area contributed by atoms with Crippen LogP contribution < -0.4 is 0 Å². The zero-order chi connectivity index (χ0) is 30.2. The molecule has 4 heteroatoms. The molecule has 0 unspecified atom stereocenters. The summed E-state index contributed by atoms with van der Waals surface area (Å²) in [5.41, 5.74) is 8.28. The molecule has 46 heavy (non-hydrogen) atoms. The Morgan fingerprint density at radius 1 is 0.435 bits per heavy atom. The Kier molecular flexibility index (Phi) is 5.45. The number of rotatable bonds is 3. The van der Waals surface area contributed by atoms with Crippen molar-refractivity contribution >= 4 is 75.1 Å². The van der Waals surface area contributed by atoms with Crippen molar-refractivity contribution in [2.75, 3.05) is 0 Å². The van der Waals surface area contributed by atoms with E-state index in [-0.39, 0.29) is 0 Å². The molecule has 7 aromatic carbocycles. The van der Waals surface area contributed by atoms with Crippen LogP contribution in [0.5, 0.6) is 0 Å². The summed E-state index contributed by atoms with van der Waals surface area (Å²) in [6.45, 7) is 0. The second kappa shape index (κ2) is 9.83. The molecular formula is C42H25N3S. The summed E-state index contributed by atoms with van der Waals surface area (Å²) in [6.07, 6.45) is 0. The molecule has 0 aliphatic carbocycles. The summed E-state index contributed by atoms with van der Waals surface area (Å²) < 4.78 is 5.00. The Hall–Kier alpha value is -5.84. The van der Waals surface area contributed by atoms with Gasteiger partial charge >= 0.3 is 0 Å². The molecule has 0 atom stereocenters. The van der Waals surface area contributed by atoms with Crippen LogP contribution in [0.25, 0.3) is 92.0 Å². The van der Waals surface area contributed by atoms with Crippen LogP contribution in [0.1, 0.15) is 0 Å². The minimum atomic E-state index is 0.829. The number of hydrogen-bond donors (Lipinski definition) is 0. The number of para-hydroxylation sites is 3. The van der Waals surface area contributed by atoms with Gasteiger partial charge in [-0.1, -0.05) is 121 Å². The highest BCUT2D eigenvalue weighted by molar-refractivity contribution is 7.25. The first-order chi connectivity index (χ1) is 22.8. The van der Waals surface area contributed by atoms with Gasteiger partial charge in [-0.2, -0.15) is 0 Å². The molecule has 3 nitrogen and oxygen atoms in total. The van der Waals surface area contributed by atoms with Crippen LogP contribution in [-0.4, -0.2) is 14.5 Å². The van der Waals surface area contributed by atoms with Gasteiger partial charge < -0.3 is 0 Å². The van der Waals surface area contributed by atoms with E-state index in [1.54, 1.807) is 0 Å². The fraction of sp³-hybridized carbons (Fsp3) is 0. The molecule has 0 bridgehead atoms. The van der Waals surface area contributed by atoms with Crippen molar-refractivity contribution in [1.82, 2.24) is 14.5 Å². The van der Waals surface area contributed by atoms with Gasteiger partial charge in [-0.25, -0.2) is 9.97 Å². The maximum absolute atomic E-state index is 5.42. The summed E-state index contributed by atoms with van der Waals surface area (Å²) in [7, 11) is 0. The fourth-order valence-electron chi connectivity index (χ4n) is 7.10. The zero-order valence-electron chi connectivity index (χ0n) is 24.7. The van der Waals surface area contributed by atoms with Gasteiger partial charge in [-0.15, -0.1) is 11.3 Å². The van der Waals surface area contributed by atoms with E-state index in [2.05, 4.69) is 132 Å². The van der Waals surface area contributed by atoms with E-state index < -0.39 is 0 Å². The quantitative estimate of drug-likeness (QED) is 0.201. The van der Waals surface area contributed by atoms with Gasteiger partial charge in [0, 0.05) is 47.5 Å². The van der Waals surface area contributed by atoms with Crippen molar-refractivity contribution in [3.05, 3.63) is 152 Å². The van der Waals surface area contributed by atoms with Gasteiger partial charge in [-0.3, -0.25) is 4.57 Å². The minimum Gasteiger partial charge on any atom is -0.291 e. The molecular weight excluding hydrogens is 579 g/mol. The first-order valence-electron chi connectivity index (χ1n) is 15.5. The highest BCUT2D eigenvalue weighted by Gasteiger charge is 2.23. The molecule has 3 aromatic heterocycles. The molecule has 0 saturated carbocycles. The Morgan fingerprint density at radius 2 is 1.13 bits per heavy atom. The van der Waals surface area contributed by atoms with Crippen molar-refractivity contribution in [2.24, 2.45) is 0 Å². The van der Waals surface area contributed by atoms with Gasteiger partial charge in [0.1, 0.15) is 5.69 Å². The molecule has 3 heterocycles. The number of aromatic nitrogens is 3. The molecule has 0 saturated heterocycles.